The van der Waals surface area contributed by atoms with Crippen LogP contribution in [0.15, 0.2) is 12.7 Å². The van der Waals surface area contributed by atoms with Crippen molar-refractivity contribution in [3.8, 4) is 0 Å². The Morgan fingerprint density at radius 3 is 2.61 bits per heavy atom. The second-order valence-corrected chi connectivity index (χ2v) is 4.07. The number of rotatable bonds is 9. The molecule has 6 heteroatoms. The largest absolute Gasteiger partial charge is 0.480 e. The van der Waals surface area contributed by atoms with Crippen LogP contribution in [0, 0.1) is 0 Å². The van der Waals surface area contributed by atoms with Gasteiger partial charge in [-0.2, -0.15) is 0 Å². The number of amides is 2. The Bertz CT molecular complexity index is 281. The highest BCUT2D eigenvalue weighted by atomic mass is 16.5. The van der Waals surface area contributed by atoms with Gasteiger partial charge in [0.2, 0.25) is 0 Å². The molecule has 0 spiro atoms. The van der Waals surface area contributed by atoms with Gasteiger partial charge in [0.25, 0.3) is 0 Å². The highest BCUT2D eigenvalue weighted by molar-refractivity contribution is 5.82. The fourth-order valence-electron chi connectivity index (χ4n) is 1.42. The van der Waals surface area contributed by atoms with Gasteiger partial charge in [-0.15, -0.1) is 6.58 Å². The molecule has 0 heterocycles. The van der Waals surface area contributed by atoms with Gasteiger partial charge >= 0.3 is 12.0 Å². The number of urea groups is 1. The van der Waals surface area contributed by atoms with E-state index in [0.29, 0.717) is 25.9 Å². The van der Waals surface area contributed by atoms with E-state index in [1.807, 2.05) is 6.92 Å². The van der Waals surface area contributed by atoms with Crippen molar-refractivity contribution in [3.05, 3.63) is 12.7 Å². The summed E-state index contributed by atoms with van der Waals surface area (Å²) < 4.78 is 4.84. The second kappa shape index (κ2) is 9.47. The lowest BCUT2D eigenvalue weighted by Gasteiger charge is -2.17. The highest BCUT2D eigenvalue weighted by Gasteiger charge is 2.19. The van der Waals surface area contributed by atoms with Gasteiger partial charge in [0.15, 0.2) is 0 Å². The normalized spacial score (nSPS) is 13.4. The van der Waals surface area contributed by atoms with E-state index in [4.69, 9.17) is 9.84 Å². The van der Waals surface area contributed by atoms with Gasteiger partial charge in [-0.3, -0.25) is 0 Å². The Labute approximate surface area is 107 Å². The molecule has 3 N–H and O–H groups in total. The number of hydrogen-bond donors (Lipinski definition) is 3. The molecule has 0 saturated heterocycles. The molecular weight excluding hydrogens is 236 g/mol. The number of aliphatic carboxylic acids is 1. The summed E-state index contributed by atoms with van der Waals surface area (Å²) in [6.45, 7) is 5.86. The third-order valence-electron chi connectivity index (χ3n) is 2.34. The Morgan fingerprint density at radius 1 is 1.44 bits per heavy atom. The molecule has 2 amide bonds. The smallest absolute Gasteiger partial charge is 0.326 e. The summed E-state index contributed by atoms with van der Waals surface area (Å²) in [6, 6.07) is -1.44. The van der Waals surface area contributed by atoms with Crippen LogP contribution in [0.25, 0.3) is 0 Å². The maximum Gasteiger partial charge on any atom is 0.326 e. The van der Waals surface area contributed by atoms with Gasteiger partial charge in [0, 0.05) is 19.8 Å². The summed E-state index contributed by atoms with van der Waals surface area (Å²) >= 11 is 0. The van der Waals surface area contributed by atoms with E-state index in [-0.39, 0.29) is 6.04 Å². The lowest BCUT2D eigenvalue weighted by atomic mass is 10.1. The summed E-state index contributed by atoms with van der Waals surface area (Å²) in [5.41, 5.74) is 0. The fraction of sp³-hybridized carbons (Fsp3) is 0.667. The Hall–Kier alpha value is -1.56. The molecule has 2 atom stereocenters. The monoisotopic (exact) mass is 258 g/mol. The summed E-state index contributed by atoms with van der Waals surface area (Å²) in [6.07, 6.45) is 3.25. The molecule has 0 aliphatic carbocycles. The number of carbonyl (C=O) groups is 2. The van der Waals surface area contributed by atoms with Crippen molar-refractivity contribution in [1.29, 1.82) is 0 Å². The molecule has 0 aromatic carbocycles. The molecule has 0 aromatic heterocycles. The van der Waals surface area contributed by atoms with Crippen molar-refractivity contribution in [2.24, 2.45) is 0 Å². The zero-order chi connectivity index (χ0) is 14.0. The lowest BCUT2D eigenvalue weighted by Crippen LogP contribution is -2.48. The molecule has 0 aromatic rings. The van der Waals surface area contributed by atoms with E-state index < -0.39 is 18.0 Å². The first-order chi connectivity index (χ1) is 8.51. The van der Waals surface area contributed by atoms with E-state index in [1.165, 1.54) is 0 Å². The molecule has 104 valence electrons. The summed E-state index contributed by atoms with van der Waals surface area (Å²) in [5, 5.41) is 14.0. The molecular formula is C12H22N2O4. The van der Waals surface area contributed by atoms with Crippen LogP contribution in [0.5, 0.6) is 0 Å². The number of ether oxygens (including phenoxy) is 1. The predicted octanol–water partition coefficient (Wildman–Crippen LogP) is 1.13. The van der Waals surface area contributed by atoms with E-state index in [2.05, 4.69) is 17.2 Å². The number of carboxylic acid groups (broad SMARTS) is 1. The lowest BCUT2D eigenvalue weighted by molar-refractivity contribution is -0.139. The first-order valence-corrected chi connectivity index (χ1v) is 5.91. The van der Waals surface area contributed by atoms with E-state index in [1.54, 1.807) is 13.2 Å². The number of methoxy groups -OCH3 is 1. The van der Waals surface area contributed by atoms with Crippen molar-refractivity contribution in [2.45, 2.75) is 38.3 Å². The SMILES string of the molecule is C=CCC(C)NC(=O)NC(CCCOC)C(=O)O. The van der Waals surface area contributed by atoms with Gasteiger partial charge in [-0.25, -0.2) is 9.59 Å². The molecule has 0 radical (unpaired) electrons. The number of hydrogen-bond acceptors (Lipinski definition) is 3. The third kappa shape index (κ3) is 7.67. The van der Waals surface area contributed by atoms with Gasteiger partial charge in [-0.05, 0) is 26.2 Å². The average Bonchev–Trinajstić information content (AvgIpc) is 2.27. The first-order valence-electron chi connectivity index (χ1n) is 5.91. The van der Waals surface area contributed by atoms with Crippen molar-refractivity contribution in [2.75, 3.05) is 13.7 Å². The van der Waals surface area contributed by atoms with Crippen LogP contribution in [0.2, 0.25) is 0 Å². The zero-order valence-corrected chi connectivity index (χ0v) is 10.9. The maximum atomic E-state index is 11.5. The fourth-order valence-corrected chi connectivity index (χ4v) is 1.42. The summed E-state index contributed by atoms with van der Waals surface area (Å²) in [5.74, 6) is -1.04. The minimum absolute atomic E-state index is 0.0732. The third-order valence-corrected chi connectivity index (χ3v) is 2.34. The van der Waals surface area contributed by atoms with Crippen molar-refractivity contribution in [3.63, 3.8) is 0 Å². The van der Waals surface area contributed by atoms with Crippen LogP contribution in [0.3, 0.4) is 0 Å². The van der Waals surface area contributed by atoms with Gasteiger partial charge < -0.3 is 20.5 Å². The number of carboxylic acids is 1. The van der Waals surface area contributed by atoms with Crippen LogP contribution in [-0.2, 0) is 9.53 Å². The average molecular weight is 258 g/mol. The molecule has 0 saturated carbocycles. The van der Waals surface area contributed by atoms with Crippen LogP contribution in [0.4, 0.5) is 4.79 Å². The number of nitrogens with one attached hydrogen (secondary N) is 2. The molecule has 2 unspecified atom stereocenters. The highest BCUT2D eigenvalue weighted by Crippen LogP contribution is 1.99. The van der Waals surface area contributed by atoms with Gasteiger partial charge in [0.05, 0.1) is 0 Å². The standard InChI is InChI=1S/C12H22N2O4/c1-4-6-9(2)13-12(17)14-10(11(15)16)7-5-8-18-3/h4,9-10H,1,5-8H2,2-3H3,(H,15,16)(H2,13,14,17). The minimum atomic E-state index is -1.04. The Balaban J connectivity index is 4.10. The topological polar surface area (TPSA) is 87.7 Å². The van der Waals surface area contributed by atoms with Crippen LogP contribution >= 0.6 is 0 Å². The minimum Gasteiger partial charge on any atom is -0.480 e. The van der Waals surface area contributed by atoms with E-state index in [9.17, 15) is 9.59 Å². The first kappa shape index (κ1) is 16.4. The van der Waals surface area contributed by atoms with Gasteiger partial charge in [0.1, 0.15) is 6.04 Å². The van der Waals surface area contributed by atoms with Crippen molar-refractivity contribution < 1.29 is 19.4 Å². The van der Waals surface area contributed by atoms with Crippen LogP contribution in [-0.4, -0.2) is 42.9 Å². The molecule has 6 nitrogen and oxygen atoms in total. The van der Waals surface area contributed by atoms with Crippen LogP contribution in [0.1, 0.15) is 26.2 Å². The second-order valence-electron chi connectivity index (χ2n) is 4.07. The van der Waals surface area contributed by atoms with Crippen molar-refractivity contribution >= 4 is 12.0 Å². The molecule has 18 heavy (non-hydrogen) atoms. The Morgan fingerprint density at radius 2 is 2.11 bits per heavy atom. The zero-order valence-electron chi connectivity index (χ0n) is 10.9. The Kier molecular flexibility index (Phi) is 8.65. The van der Waals surface area contributed by atoms with Crippen molar-refractivity contribution in [1.82, 2.24) is 10.6 Å². The molecule has 0 aliphatic rings. The summed E-state index contributed by atoms with van der Waals surface area (Å²) in [4.78, 5) is 22.5. The molecule has 0 aliphatic heterocycles. The van der Waals surface area contributed by atoms with Gasteiger partial charge in [-0.1, -0.05) is 6.08 Å². The quantitative estimate of drug-likeness (QED) is 0.427. The molecule has 0 rings (SSSR count). The van der Waals surface area contributed by atoms with E-state index >= 15 is 0 Å². The predicted molar refractivity (Wildman–Crippen MR) is 68.5 cm³/mol. The molecule has 0 bridgehead atoms. The number of carbonyl (C=O) groups excluding carboxylic acids is 1. The summed E-state index contributed by atoms with van der Waals surface area (Å²) in [7, 11) is 1.55. The molecule has 0 fully saturated rings. The maximum absolute atomic E-state index is 11.5. The van der Waals surface area contributed by atoms with Crippen LogP contribution < -0.4 is 10.6 Å². The van der Waals surface area contributed by atoms with E-state index in [0.717, 1.165) is 0 Å².